The molecule has 0 bridgehead atoms. The lowest BCUT2D eigenvalue weighted by Crippen LogP contribution is -1.82. The van der Waals surface area contributed by atoms with E-state index in [0.29, 0.717) is 5.02 Å². The van der Waals surface area contributed by atoms with Crippen LogP contribution in [0.5, 0.6) is 0 Å². The van der Waals surface area contributed by atoms with Crippen LogP contribution >= 0.6 is 11.6 Å². The van der Waals surface area contributed by atoms with Gasteiger partial charge < -0.3 is 0 Å². The number of nitrogens with zero attached hydrogens (tertiary/aromatic N) is 3. The van der Waals surface area contributed by atoms with Crippen LogP contribution in [0.2, 0.25) is 5.02 Å². The lowest BCUT2D eigenvalue weighted by atomic mass is 10.1. The van der Waals surface area contributed by atoms with Gasteiger partial charge in [-0.15, -0.1) is 0 Å². The van der Waals surface area contributed by atoms with Gasteiger partial charge in [0, 0.05) is 21.5 Å². The maximum absolute atomic E-state index is 6.06. The summed E-state index contributed by atoms with van der Waals surface area (Å²) in [6.45, 7) is 0. The van der Waals surface area contributed by atoms with Crippen molar-refractivity contribution in [1.29, 1.82) is 0 Å². The fraction of sp³-hybridized carbons (Fsp3) is 0. The van der Waals surface area contributed by atoms with E-state index in [0.717, 1.165) is 33.5 Å². The molecule has 0 fully saturated rings. The van der Waals surface area contributed by atoms with Gasteiger partial charge in [0.25, 0.3) is 0 Å². The van der Waals surface area contributed by atoms with E-state index in [9.17, 15) is 0 Å². The zero-order valence-electron chi connectivity index (χ0n) is 10.8. The molecular formula is C15H10ClN5. The molecule has 4 rings (SSSR count). The van der Waals surface area contributed by atoms with Crippen molar-refractivity contribution < 1.29 is 0 Å². The molecule has 2 heterocycles. The van der Waals surface area contributed by atoms with Crippen molar-refractivity contribution in [3.8, 4) is 22.6 Å². The summed E-state index contributed by atoms with van der Waals surface area (Å²) in [5, 5.41) is 15.9. The minimum Gasteiger partial charge on any atom is -0.277 e. The molecule has 2 N–H and O–H groups in total. The maximum Gasteiger partial charge on any atom is 0.155 e. The van der Waals surface area contributed by atoms with E-state index < -0.39 is 0 Å². The molecule has 4 aromatic rings. The third-order valence-electron chi connectivity index (χ3n) is 3.35. The summed E-state index contributed by atoms with van der Waals surface area (Å²) in [6, 6.07) is 13.6. The Bertz CT molecular complexity index is 911. The molecule has 0 aliphatic rings. The molecule has 2 aromatic heterocycles. The number of aromatic nitrogens is 5. The SMILES string of the molecule is Clc1cccc(-c2n[nH]c3ccc(-c4ncn[nH]4)cc23)c1. The molecule has 0 amide bonds. The smallest absolute Gasteiger partial charge is 0.155 e. The monoisotopic (exact) mass is 295 g/mol. The summed E-state index contributed by atoms with van der Waals surface area (Å²) in [5.74, 6) is 0.732. The number of nitrogens with one attached hydrogen (secondary N) is 2. The van der Waals surface area contributed by atoms with Gasteiger partial charge in [0.05, 0.1) is 11.2 Å². The van der Waals surface area contributed by atoms with Gasteiger partial charge in [0.2, 0.25) is 0 Å². The molecule has 0 aliphatic carbocycles. The Morgan fingerprint density at radius 2 is 1.90 bits per heavy atom. The summed E-state index contributed by atoms with van der Waals surface area (Å²) in [6.07, 6.45) is 1.49. The summed E-state index contributed by atoms with van der Waals surface area (Å²) >= 11 is 6.06. The second-order valence-electron chi connectivity index (χ2n) is 4.68. The van der Waals surface area contributed by atoms with Gasteiger partial charge in [-0.3, -0.25) is 10.2 Å². The van der Waals surface area contributed by atoms with Crippen LogP contribution in [-0.2, 0) is 0 Å². The zero-order valence-corrected chi connectivity index (χ0v) is 11.6. The predicted octanol–water partition coefficient (Wildman–Crippen LogP) is 3.67. The zero-order chi connectivity index (χ0) is 14.2. The Morgan fingerprint density at radius 3 is 2.71 bits per heavy atom. The van der Waals surface area contributed by atoms with E-state index in [1.807, 2.05) is 42.5 Å². The van der Waals surface area contributed by atoms with Crippen molar-refractivity contribution in [2.75, 3.05) is 0 Å². The van der Waals surface area contributed by atoms with Crippen molar-refractivity contribution in [2.45, 2.75) is 0 Å². The Kier molecular flexibility index (Phi) is 2.72. The molecule has 0 atom stereocenters. The van der Waals surface area contributed by atoms with Crippen LogP contribution in [0.25, 0.3) is 33.5 Å². The van der Waals surface area contributed by atoms with Gasteiger partial charge in [0.1, 0.15) is 6.33 Å². The highest BCUT2D eigenvalue weighted by molar-refractivity contribution is 6.30. The lowest BCUT2D eigenvalue weighted by molar-refractivity contribution is 1.10. The average Bonchev–Trinajstić information content (AvgIpc) is 3.16. The summed E-state index contributed by atoms with van der Waals surface area (Å²) in [4.78, 5) is 4.18. The first-order chi connectivity index (χ1) is 10.3. The number of halogens is 1. The van der Waals surface area contributed by atoms with Crippen LogP contribution in [0, 0.1) is 0 Å². The van der Waals surface area contributed by atoms with E-state index in [1.54, 1.807) is 0 Å². The van der Waals surface area contributed by atoms with Crippen LogP contribution in [-0.4, -0.2) is 25.4 Å². The van der Waals surface area contributed by atoms with Gasteiger partial charge in [-0.2, -0.15) is 10.2 Å². The lowest BCUT2D eigenvalue weighted by Gasteiger charge is -2.00. The number of H-pyrrole nitrogens is 2. The highest BCUT2D eigenvalue weighted by atomic mass is 35.5. The van der Waals surface area contributed by atoms with Gasteiger partial charge in [-0.05, 0) is 30.3 Å². The average molecular weight is 296 g/mol. The first-order valence-electron chi connectivity index (χ1n) is 6.41. The highest BCUT2D eigenvalue weighted by Gasteiger charge is 2.10. The second kappa shape index (κ2) is 4.71. The summed E-state index contributed by atoms with van der Waals surface area (Å²) in [5.41, 5.74) is 3.77. The number of hydrogen-bond acceptors (Lipinski definition) is 3. The van der Waals surface area contributed by atoms with Crippen LogP contribution < -0.4 is 0 Å². The van der Waals surface area contributed by atoms with Gasteiger partial charge in [-0.1, -0.05) is 23.7 Å². The number of rotatable bonds is 2. The Hall–Kier alpha value is -2.66. The Labute approximate surface area is 125 Å². The van der Waals surface area contributed by atoms with E-state index in [2.05, 4.69) is 25.4 Å². The molecule has 0 unspecified atom stereocenters. The van der Waals surface area contributed by atoms with Gasteiger partial charge in [0.15, 0.2) is 5.82 Å². The largest absolute Gasteiger partial charge is 0.277 e. The quantitative estimate of drug-likeness (QED) is 0.593. The van der Waals surface area contributed by atoms with Crippen molar-refractivity contribution in [2.24, 2.45) is 0 Å². The van der Waals surface area contributed by atoms with E-state index >= 15 is 0 Å². The Balaban J connectivity index is 1.92. The molecule has 0 saturated carbocycles. The van der Waals surface area contributed by atoms with Crippen LogP contribution in [0.3, 0.4) is 0 Å². The third kappa shape index (κ3) is 2.08. The van der Waals surface area contributed by atoms with Crippen LogP contribution in [0.15, 0.2) is 48.8 Å². The first kappa shape index (κ1) is 12.1. The van der Waals surface area contributed by atoms with Crippen molar-refractivity contribution in [3.63, 3.8) is 0 Å². The fourth-order valence-corrected chi connectivity index (χ4v) is 2.55. The molecular weight excluding hydrogens is 286 g/mol. The summed E-state index contributed by atoms with van der Waals surface area (Å²) < 4.78 is 0. The standard InChI is InChI=1S/C15H10ClN5/c16-11-3-1-2-9(6-11)14-12-7-10(15-17-8-18-21-15)4-5-13(12)19-20-14/h1-8H,(H,19,20)(H,17,18,21). The molecule has 0 spiro atoms. The molecule has 0 aliphatic heterocycles. The molecule has 21 heavy (non-hydrogen) atoms. The maximum atomic E-state index is 6.06. The summed E-state index contributed by atoms with van der Waals surface area (Å²) in [7, 11) is 0. The van der Waals surface area contributed by atoms with E-state index in [4.69, 9.17) is 11.6 Å². The normalized spacial score (nSPS) is 11.1. The number of benzene rings is 2. The minimum atomic E-state index is 0.690. The van der Waals surface area contributed by atoms with E-state index in [1.165, 1.54) is 6.33 Å². The van der Waals surface area contributed by atoms with Crippen molar-refractivity contribution in [1.82, 2.24) is 25.4 Å². The molecule has 0 radical (unpaired) electrons. The van der Waals surface area contributed by atoms with Crippen LogP contribution in [0.1, 0.15) is 0 Å². The van der Waals surface area contributed by atoms with Gasteiger partial charge in [-0.25, -0.2) is 4.98 Å². The fourth-order valence-electron chi connectivity index (χ4n) is 2.36. The molecule has 0 saturated heterocycles. The molecule has 6 heteroatoms. The molecule has 5 nitrogen and oxygen atoms in total. The van der Waals surface area contributed by atoms with Crippen molar-refractivity contribution >= 4 is 22.5 Å². The van der Waals surface area contributed by atoms with Gasteiger partial charge >= 0.3 is 0 Å². The minimum absolute atomic E-state index is 0.690. The number of hydrogen-bond donors (Lipinski definition) is 2. The molecule has 102 valence electrons. The first-order valence-corrected chi connectivity index (χ1v) is 6.79. The number of aromatic amines is 2. The Morgan fingerprint density at radius 1 is 0.952 bits per heavy atom. The second-order valence-corrected chi connectivity index (χ2v) is 5.11. The third-order valence-corrected chi connectivity index (χ3v) is 3.58. The van der Waals surface area contributed by atoms with Crippen LogP contribution in [0.4, 0.5) is 0 Å². The van der Waals surface area contributed by atoms with Crippen molar-refractivity contribution in [3.05, 3.63) is 53.8 Å². The number of fused-ring (bicyclic) bond motifs is 1. The predicted molar refractivity (Wildman–Crippen MR) is 81.9 cm³/mol. The molecule has 2 aromatic carbocycles. The highest BCUT2D eigenvalue weighted by Crippen LogP contribution is 2.30. The topological polar surface area (TPSA) is 70.2 Å². The van der Waals surface area contributed by atoms with E-state index in [-0.39, 0.29) is 0 Å².